The summed E-state index contributed by atoms with van der Waals surface area (Å²) in [5.41, 5.74) is 1.66. The van der Waals surface area contributed by atoms with Gasteiger partial charge in [0.15, 0.2) is 0 Å². The Hall–Kier alpha value is -2.04. The molecule has 98 valence electrons. The Kier molecular flexibility index (Phi) is 4.71. The number of carbonyl (C=O) groups excluding carboxylic acids is 1. The van der Waals surface area contributed by atoms with Gasteiger partial charge < -0.3 is 15.7 Å². The summed E-state index contributed by atoms with van der Waals surface area (Å²) >= 11 is 0. The van der Waals surface area contributed by atoms with Gasteiger partial charge >= 0.3 is 5.97 Å². The molecule has 1 unspecified atom stereocenters. The number of amides is 1. The fourth-order valence-electron chi connectivity index (χ4n) is 1.64. The standard InChI is InChI=1S/C13H18N2O3/c1-4-14-12(16)9(3)15-10-5-6-11(13(17)18)8(2)7-10/h5-7,9,15H,4H2,1-3H3,(H,14,16)(H,17,18). The number of anilines is 1. The maximum Gasteiger partial charge on any atom is 0.335 e. The summed E-state index contributed by atoms with van der Waals surface area (Å²) < 4.78 is 0. The van der Waals surface area contributed by atoms with Gasteiger partial charge in [-0.3, -0.25) is 4.79 Å². The van der Waals surface area contributed by atoms with Crippen LogP contribution in [0, 0.1) is 6.92 Å². The van der Waals surface area contributed by atoms with E-state index >= 15 is 0 Å². The zero-order valence-electron chi connectivity index (χ0n) is 10.8. The second-order valence-electron chi connectivity index (χ2n) is 4.10. The number of carboxylic acids is 1. The third-order valence-corrected chi connectivity index (χ3v) is 2.58. The Morgan fingerprint density at radius 1 is 1.39 bits per heavy atom. The van der Waals surface area contributed by atoms with E-state index in [0.29, 0.717) is 12.1 Å². The van der Waals surface area contributed by atoms with Crippen LogP contribution in [0.5, 0.6) is 0 Å². The molecule has 0 aliphatic carbocycles. The fraction of sp³-hybridized carbons (Fsp3) is 0.385. The molecule has 3 N–H and O–H groups in total. The van der Waals surface area contributed by atoms with Crippen molar-refractivity contribution >= 4 is 17.6 Å². The lowest BCUT2D eigenvalue weighted by atomic mass is 10.1. The Morgan fingerprint density at radius 3 is 2.56 bits per heavy atom. The maximum atomic E-state index is 11.5. The number of rotatable bonds is 5. The first-order valence-electron chi connectivity index (χ1n) is 5.84. The van der Waals surface area contributed by atoms with Crippen molar-refractivity contribution in [2.24, 2.45) is 0 Å². The number of hydrogen-bond donors (Lipinski definition) is 3. The molecule has 0 aliphatic heterocycles. The third kappa shape index (κ3) is 3.48. The quantitative estimate of drug-likeness (QED) is 0.742. The Balaban J connectivity index is 2.77. The summed E-state index contributed by atoms with van der Waals surface area (Å²) in [6.45, 7) is 5.93. The molecule has 5 heteroatoms. The van der Waals surface area contributed by atoms with Crippen molar-refractivity contribution in [1.29, 1.82) is 0 Å². The zero-order valence-corrected chi connectivity index (χ0v) is 10.8. The predicted molar refractivity (Wildman–Crippen MR) is 69.9 cm³/mol. The normalized spacial score (nSPS) is 11.7. The van der Waals surface area contributed by atoms with E-state index in [9.17, 15) is 9.59 Å². The summed E-state index contributed by atoms with van der Waals surface area (Å²) in [5.74, 6) is -1.03. The molecular weight excluding hydrogens is 232 g/mol. The second-order valence-corrected chi connectivity index (χ2v) is 4.10. The molecule has 1 rings (SSSR count). The van der Waals surface area contributed by atoms with Crippen LogP contribution in [0.1, 0.15) is 29.8 Å². The summed E-state index contributed by atoms with van der Waals surface area (Å²) in [6.07, 6.45) is 0. The van der Waals surface area contributed by atoms with E-state index in [0.717, 1.165) is 5.69 Å². The lowest BCUT2D eigenvalue weighted by Crippen LogP contribution is -2.37. The maximum absolute atomic E-state index is 11.5. The van der Waals surface area contributed by atoms with E-state index in [-0.39, 0.29) is 17.5 Å². The second kappa shape index (κ2) is 6.05. The number of benzene rings is 1. The molecule has 1 atom stereocenters. The van der Waals surface area contributed by atoms with Gasteiger partial charge in [0.25, 0.3) is 0 Å². The van der Waals surface area contributed by atoms with Gasteiger partial charge in [-0.25, -0.2) is 4.79 Å². The molecule has 1 amide bonds. The van der Waals surface area contributed by atoms with Crippen molar-refractivity contribution in [2.45, 2.75) is 26.8 Å². The third-order valence-electron chi connectivity index (χ3n) is 2.58. The van der Waals surface area contributed by atoms with Crippen LogP contribution in [-0.4, -0.2) is 29.6 Å². The monoisotopic (exact) mass is 250 g/mol. The van der Waals surface area contributed by atoms with Gasteiger partial charge in [0.2, 0.25) is 5.91 Å². The van der Waals surface area contributed by atoms with Gasteiger partial charge in [-0.1, -0.05) is 0 Å². The van der Waals surface area contributed by atoms with Gasteiger partial charge in [-0.15, -0.1) is 0 Å². The van der Waals surface area contributed by atoms with Crippen LogP contribution in [0.4, 0.5) is 5.69 Å². The van der Waals surface area contributed by atoms with Crippen molar-refractivity contribution in [3.8, 4) is 0 Å². The summed E-state index contributed by atoms with van der Waals surface area (Å²) in [7, 11) is 0. The molecule has 1 aromatic rings. The lowest BCUT2D eigenvalue weighted by Gasteiger charge is -2.15. The highest BCUT2D eigenvalue weighted by Gasteiger charge is 2.12. The predicted octanol–water partition coefficient (Wildman–Crippen LogP) is 1.63. The average Bonchev–Trinajstić information content (AvgIpc) is 2.28. The average molecular weight is 250 g/mol. The smallest absolute Gasteiger partial charge is 0.335 e. The topological polar surface area (TPSA) is 78.4 Å². The lowest BCUT2D eigenvalue weighted by molar-refractivity contribution is -0.121. The fourth-order valence-corrected chi connectivity index (χ4v) is 1.64. The number of aryl methyl sites for hydroxylation is 1. The first-order valence-corrected chi connectivity index (χ1v) is 5.84. The van der Waals surface area contributed by atoms with E-state index in [1.807, 2.05) is 6.92 Å². The van der Waals surface area contributed by atoms with E-state index in [1.54, 1.807) is 26.0 Å². The highest BCUT2D eigenvalue weighted by molar-refractivity contribution is 5.90. The van der Waals surface area contributed by atoms with Gasteiger partial charge in [0.05, 0.1) is 5.56 Å². The Bertz CT molecular complexity index is 458. The zero-order chi connectivity index (χ0) is 13.7. The van der Waals surface area contributed by atoms with Gasteiger partial charge in [0, 0.05) is 12.2 Å². The molecule has 5 nitrogen and oxygen atoms in total. The van der Waals surface area contributed by atoms with Crippen LogP contribution in [0.15, 0.2) is 18.2 Å². The SMILES string of the molecule is CCNC(=O)C(C)Nc1ccc(C(=O)O)c(C)c1. The summed E-state index contributed by atoms with van der Waals surface area (Å²) in [4.78, 5) is 22.4. The first-order chi connectivity index (χ1) is 8.45. The number of aromatic carboxylic acids is 1. The Morgan fingerprint density at radius 2 is 2.06 bits per heavy atom. The molecule has 0 saturated carbocycles. The Labute approximate surface area is 106 Å². The van der Waals surface area contributed by atoms with Crippen LogP contribution in [0.2, 0.25) is 0 Å². The van der Waals surface area contributed by atoms with Gasteiger partial charge in [-0.05, 0) is 44.5 Å². The molecule has 0 aliphatic rings. The van der Waals surface area contributed by atoms with E-state index < -0.39 is 5.97 Å². The minimum atomic E-state index is -0.948. The summed E-state index contributed by atoms with van der Waals surface area (Å²) in [6, 6.07) is 4.55. The molecule has 0 heterocycles. The molecule has 1 aromatic carbocycles. The minimum absolute atomic E-state index is 0.0857. The van der Waals surface area contributed by atoms with Crippen LogP contribution < -0.4 is 10.6 Å². The van der Waals surface area contributed by atoms with E-state index in [1.165, 1.54) is 6.07 Å². The summed E-state index contributed by atoms with van der Waals surface area (Å²) in [5, 5.41) is 14.7. The number of carbonyl (C=O) groups is 2. The van der Waals surface area contributed by atoms with E-state index in [2.05, 4.69) is 10.6 Å². The molecule has 0 fully saturated rings. The van der Waals surface area contributed by atoms with Crippen molar-refractivity contribution in [3.63, 3.8) is 0 Å². The molecule has 0 bridgehead atoms. The van der Waals surface area contributed by atoms with Gasteiger partial charge in [0.1, 0.15) is 6.04 Å². The number of nitrogens with one attached hydrogen (secondary N) is 2. The van der Waals surface area contributed by atoms with Crippen LogP contribution in [0.25, 0.3) is 0 Å². The highest BCUT2D eigenvalue weighted by Crippen LogP contribution is 2.16. The number of likely N-dealkylation sites (N-methyl/N-ethyl adjacent to an activating group) is 1. The first kappa shape index (κ1) is 14.0. The number of hydrogen-bond acceptors (Lipinski definition) is 3. The van der Waals surface area contributed by atoms with Crippen molar-refractivity contribution in [3.05, 3.63) is 29.3 Å². The molecule has 18 heavy (non-hydrogen) atoms. The molecule has 0 spiro atoms. The minimum Gasteiger partial charge on any atom is -0.478 e. The van der Waals surface area contributed by atoms with E-state index in [4.69, 9.17) is 5.11 Å². The van der Waals surface area contributed by atoms with Crippen molar-refractivity contribution < 1.29 is 14.7 Å². The molecule has 0 aromatic heterocycles. The molecular formula is C13H18N2O3. The van der Waals surface area contributed by atoms with Crippen LogP contribution >= 0.6 is 0 Å². The largest absolute Gasteiger partial charge is 0.478 e. The molecule has 0 radical (unpaired) electrons. The number of carboxylic acid groups (broad SMARTS) is 1. The van der Waals surface area contributed by atoms with Gasteiger partial charge in [-0.2, -0.15) is 0 Å². The molecule has 0 saturated heterocycles. The van der Waals surface area contributed by atoms with Crippen LogP contribution in [-0.2, 0) is 4.79 Å². The van der Waals surface area contributed by atoms with Crippen LogP contribution in [0.3, 0.4) is 0 Å². The van der Waals surface area contributed by atoms with Crippen molar-refractivity contribution in [2.75, 3.05) is 11.9 Å². The van der Waals surface area contributed by atoms with Crippen molar-refractivity contribution in [1.82, 2.24) is 5.32 Å². The highest BCUT2D eigenvalue weighted by atomic mass is 16.4.